The summed E-state index contributed by atoms with van der Waals surface area (Å²) in [7, 11) is 1.69. The van der Waals surface area contributed by atoms with Crippen LogP contribution < -0.4 is 5.32 Å². The Labute approximate surface area is 49.3 Å². The molecule has 1 fully saturated rings. The molecule has 3 heteroatoms. The average Bonchev–Trinajstić information content (AvgIpc) is 2.12. The van der Waals surface area contributed by atoms with Gasteiger partial charge in [-0.1, -0.05) is 0 Å². The number of rotatable bonds is 1. The fraction of sp³-hybridized carbons (Fsp3) is 1.00. The number of hydroxylamine groups is 2. The summed E-state index contributed by atoms with van der Waals surface area (Å²) in [5.74, 6) is 0. The summed E-state index contributed by atoms with van der Waals surface area (Å²) in [6.07, 6.45) is 1.06. The largest absolute Gasteiger partial charge is 0.315 e. The Morgan fingerprint density at radius 3 is 2.75 bits per heavy atom. The van der Waals surface area contributed by atoms with Crippen LogP contribution in [0.5, 0.6) is 0 Å². The smallest absolute Gasteiger partial charge is 0.0483 e. The second-order valence-electron chi connectivity index (χ2n) is 2.22. The first-order valence-electron chi connectivity index (χ1n) is 2.93. The molecule has 0 aromatic carbocycles. The molecule has 1 saturated heterocycles. The monoisotopic (exact) mass is 116 g/mol. The van der Waals surface area contributed by atoms with Gasteiger partial charge in [-0.3, -0.25) is 0 Å². The molecule has 3 nitrogen and oxygen atoms in total. The maximum atomic E-state index is 8.85. The summed E-state index contributed by atoms with van der Waals surface area (Å²) in [4.78, 5) is 0. The molecule has 1 aliphatic rings. The van der Waals surface area contributed by atoms with Crippen molar-refractivity contribution < 1.29 is 5.21 Å². The molecule has 0 amide bonds. The van der Waals surface area contributed by atoms with Crippen LogP contribution in [-0.2, 0) is 0 Å². The summed E-state index contributed by atoms with van der Waals surface area (Å²) in [5, 5.41) is 13.3. The van der Waals surface area contributed by atoms with Crippen LogP contribution in [-0.4, -0.2) is 36.4 Å². The highest BCUT2D eigenvalue weighted by Crippen LogP contribution is 2.01. The van der Waals surface area contributed by atoms with Crippen molar-refractivity contribution in [3.8, 4) is 0 Å². The molecule has 0 spiro atoms. The third-order valence-corrected chi connectivity index (χ3v) is 1.56. The second kappa shape index (κ2) is 2.44. The van der Waals surface area contributed by atoms with Crippen LogP contribution in [0.4, 0.5) is 0 Å². The predicted octanol–water partition coefficient (Wildman–Crippen LogP) is -0.331. The molecule has 1 atom stereocenters. The lowest BCUT2D eigenvalue weighted by Gasteiger charge is -2.14. The van der Waals surface area contributed by atoms with Gasteiger partial charge in [0.05, 0.1) is 0 Å². The Morgan fingerprint density at radius 1 is 1.75 bits per heavy atom. The van der Waals surface area contributed by atoms with E-state index in [-0.39, 0.29) is 0 Å². The quantitative estimate of drug-likeness (QED) is 0.460. The van der Waals surface area contributed by atoms with Gasteiger partial charge in [-0.05, 0) is 13.0 Å². The summed E-state index contributed by atoms with van der Waals surface area (Å²) in [5.41, 5.74) is 0. The van der Waals surface area contributed by atoms with Crippen molar-refractivity contribution in [3.05, 3.63) is 0 Å². The zero-order chi connectivity index (χ0) is 5.98. The Kier molecular flexibility index (Phi) is 1.83. The molecule has 1 rings (SSSR count). The van der Waals surface area contributed by atoms with Crippen molar-refractivity contribution in [2.75, 3.05) is 20.1 Å². The summed E-state index contributed by atoms with van der Waals surface area (Å²) >= 11 is 0. The second-order valence-corrected chi connectivity index (χ2v) is 2.22. The van der Waals surface area contributed by atoms with E-state index in [0.717, 1.165) is 19.5 Å². The van der Waals surface area contributed by atoms with E-state index in [9.17, 15) is 0 Å². The highest BCUT2D eigenvalue weighted by Gasteiger charge is 2.16. The van der Waals surface area contributed by atoms with Gasteiger partial charge in [-0.25, -0.2) is 0 Å². The maximum Gasteiger partial charge on any atom is 0.0483 e. The zero-order valence-electron chi connectivity index (χ0n) is 5.09. The van der Waals surface area contributed by atoms with Gasteiger partial charge in [0.15, 0.2) is 0 Å². The van der Waals surface area contributed by atoms with Gasteiger partial charge >= 0.3 is 0 Å². The number of hydrogen-bond acceptors (Lipinski definition) is 3. The minimum Gasteiger partial charge on any atom is -0.315 e. The third-order valence-electron chi connectivity index (χ3n) is 1.56. The minimum atomic E-state index is 0.343. The van der Waals surface area contributed by atoms with E-state index >= 15 is 0 Å². The molecule has 0 saturated carbocycles. The van der Waals surface area contributed by atoms with E-state index in [0.29, 0.717) is 6.04 Å². The molecule has 0 radical (unpaired) electrons. The van der Waals surface area contributed by atoms with Crippen molar-refractivity contribution in [2.45, 2.75) is 12.5 Å². The van der Waals surface area contributed by atoms with Crippen LogP contribution >= 0.6 is 0 Å². The lowest BCUT2D eigenvalue weighted by molar-refractivity contribution is -0.0958. The summed E-state index contributed by atoms with van der Waals surface area (Å²) < 4.78 is 0. The van der Waals surface area contributed by atoms with Crippen LogP contribution in [0.25, 0.3) is 0 Å². The highest BCUT2D eigenvalue weighted by atomic mass is 16.5. The first-order chi connectivity index (χ1) is 3.80. The van der Waals surface area contributed by atoms with Crippen molar-refractivity contribution in [1.29, 1.82) is 0 Å². The molecule has 0 unspecified atom stereocenters. The van der Waals surface area contributed by atoms with Gasteiger partial charge in [-0.15, -0.1) is 0 Å². The van der Waals surface area contributed by atoms with Crippen molar-refractivity contribution in [1.82, 2.24) is 10.4 Å². The van der Waals surface area contributed by atoms with Gasteiger partial charge in [0.2, 0.25) is 0 Å². The minimum absolute atomic E-state index is 0.343. The first kappa shape index (κ1) is 6.01. The van der Waals surface area contributed by atoms with Crippen molar-refractivity contribution in [3.63, 3.8) is 0 Å². The number of hydrogen-bond donors (Lipinski definition) is 2. The van der Waals surface area contributed by atoms with Crippen LogP contribution in [0.1, 0.15) is 6.42 Å². The van der Waals surface area contributed by atoms with E-state index < -0.39 is 0 Å². The maximum absolute atomic E-state index is 8.85. The molecule has 0 bridgehead atoms. The van der Waals surface area contributed by atoms with Gasteiger partial charge in [-0.2, -0.15) is 5.06 Å². The fourth-order valence-electron chi connectivity index (χ4n) is 0.958. The van der Waals surface area contributed by atoms with E-state index in [2.05, 4.69) is 5.32 Å². The molecular formula is C5H12N2O. The van der Waals surface area contributed by atoms with Gasteiger partial charge in [0.25, 0.3) is 0 Å². The average molecular weight is 116 g/mol. The Bertz CT molecular complexity index is 68.8. The van der Waals surface area contributed by atoms with Crippen LogP contribution in [0.3, 0.4) is 0 Å². The van der Waals surface area contributed by atoms with Gasteiger partial charge in [0, 0.05) is 19.6 Å². The lowest BCUT2D eigenvalue weighted by Crippen LogP contribution is -2.30. The third kappa shape index (κ3) is 1.18. The highest BCUT2D eigenvalue weighted by molar-refractivity contribution is 4.74. The standard InChI is InChI=1S/C5H12N2O/c1-7(8)5-2-3-6-4-5/h5-6,8H,2-4H2,1H3/t5-/m0/s1. The van der Waals surface area contributed by atoms with E-state index in [1.165, 1.54) is 5.06 Å². The van der Waals surface area contributed by atoms with Gasteiger partial charge in [0.1, 0.15) is 0 Å². The first-order valence-corrected chi connectivity index (χ1v) is 2.93. The van der Waals surface area contributed by atoms with Crippen LogP contribution in [0.2, 0.25) is 0 Å². The summed E-state index contributed by atoms with van der Waals surface area (Å²) in [6, 6.07) is 0.343. The van der Waals surface area contributed by atoms with E-state index in [1.54, 1.807) is 7.05 Å². The molecule has 0 aromatic heterocycles. The topological polar surface area (TPSA) is 35.5 Å². The Morgan fingerprint density at radius 2 is 2.50 bits per heavy atom. The summed E-state index contributed by atoms with van der Waals surface area (Å²) in [6.45, 7) is 1.96. The van der Waals surface area contributed by atoms with Gasteiger partial charge < -0.3 is 10.5 Å². The predicted molar refractivity (Wildman–Crippen MR) is 30.8 cm³/mol. The molecule has 1 aliphatic heterocycles. The molecule has 2 N–H and O–H groups in total. The SMILES string of the molecule is CN(O)[C@H]1CCNC1. The molecule has 48 valence electrons. The molecule has 0 aromatic rings. The molecule has 8 heavy (non-hydrogen) atoms. The molecule has 1 heterocycles. The Hall–Kier alpha value is -0.120. The van der Waals surface area contributed by atoms with Crippen LogP contribution in [0.15, 0.2) is 0 Å². The van der Waals surface area contributed by atoms with Crippen LogP contribution in [0, 0.1) is 0 Å². The molecule has 0 aliphatic carbocycles. The fourth-order valence-corrected chi connectivity index (χ4v) is 0.958. The van der Waals surface area contributed by atoms with Crippen molar-refractivity contribution in [2.24, 2.45) is 0 Å². The van der Waals surface area contributed by atoms with Crippen molar-refractivity contribution >= 4 is 0 Å². The number of nitrogens with zero attached hydrogens (tertiary/aromatic N) is 1. The Balaban J connectivity index is 2.24. The molecular weight excluding hydrogens is 104 g/mol. The van der Waals surface area contributed by atoms with E-state index in [1.807, 2.05) is 0 Å². The van der Waals surface area contributed by atoms with E-state index in [4.69, 9.17) is 5.21 Å². The lowest BCUT2D eigenvalue weighted by atomic mass is 10.3. The number of nitrogens with one attached hydrogen (secondary N) is 1. The normalized spacial score (nSPS) is 29.6. The zero-order valence-corrected chi connectivity index (χ0v) is 5.09. The number of likely N-dealkylation sites (N-methyl/N-ethyl adjacent to an activating group) is 1.